The fourth-order valence-electron chi connectivity index (χ4n) is 3.14. The second-order valence-corrected chi connectivity index (χ2v) is 5.37. The molecule has 2 saturated heterocycles. The van der Waals surface area contributed by atoms with Crippen molar-refractivity contribution in [3.8, 4) is 0 Å². The summed E-state index contributed by atoms with van der Waals surface area (Å²) >= 11 is 0. The van der Waals surface area contributed by atoms with Gasteiger partial charge in [-0.15, -0.1) is 0 Å². The first-order chi connectivity index (χ1) is 8.74. The van der Waals surface area contributed by atoms with Crippen LogP contribution in [0.5, 0.6) is 0 Å². The van der Waals surface area contributed by atoms with Gasteiger partial charge in [-0.3, -0.25) is 0 Å². The SMILES string of the molecule is OCCCC1C[C@]2(CO)OC(CCO)CC[C@@H]2O1. The molecular weight excluding hydrogens is 236 g/mol. The molecule has 2 aliphatic heterocycles. The van der Waals surface area contributed by atoms with E-state index in [4.69, 9.17) is 19.7 Å². The fourth-order valence-corrected chi connectivity index (χ4v) is 3.14. The largest absolute Gasteiger partial charge is 0.396 e. The standard InChI is InChI=1S/C13H24O5/c14-6-1-2-11-8-13(9-16)12(17-11)4-3-10(18-13)5-7-15/h10-12,14-16H,1-9H2/t10?,11?,12-,13+/m0/s1. The summed E-state index contributed by atoms with van der Waals surface area (Å²) < 4.78 is 11.9. The Bertz CT molecular complexity index is 260. The molecule has 0 saturated carbocycles. The molecule has 4 atom stereocenters. The topological polar surface area (TPSA) is 79.2 Å². The van der Waals surface area contributed by atoms with Crippen LogP contribution in [-0.4, -0.2) is 59.1 Å². The number of rotatable bonds is 6. The molecule has 5 nitrogen and oxygen atoms in total. The van der Waals surface area contributed by atoms with Gasteiger partial charge in [0.15, 0.2) is 0 Å². The number of aliphatic hydroxyl groups is 3. The zero-order valence-electron chi connectivity index (χ0n) is 10.8. The third-order valence-electron chi connectivity index (χ3n) is 4.07. The van der Waals surface area contributed by atoms with E-state index in [1.54, 1.807) is 0 Å². The second-order valence-electron chi connectivity index (χ2n) is 5.37. The first kappa shape index (κ1) is 14.2. The fraction of sp³-hybridized carbons (Fsp3) is 1.00. The summed E-state index contributed by atoms with van der Waals surface area (Å²) in [5.74, 6) is 0. The van der Waals surface area contributed by atoms with Gasteiger partial charge in [0.1, 0.15) is 5.60 Å². The van der Waals surface area contributed by atoms with Gasteiger partial charge in [0, 0.05) is 19.6 Å². The number of hydrogen-bond acceptors (Lipinski definition) is 5. The van der Waals surface area contributed by atoms with Gasteiger partial charge in [0.05, 0.1) is 24.9 Å². The van der Waals surface area contributed by atoms with Gasteiger partial charge in [-0.2, -0.15) is 0 Å². The third kappa shape index (κ3) is 2.86. The number of ether oxygens (including phenoxy) is 2. The highest BCUT2D eigenvalue weighted by molar-refractivity contribution is 5.01. The van der Waals surface area contributed by atoms with Gasteiger partial charge < -0.3 is 24.8 Å². The zero-order chi connectivity index (χ0) is 13.0. The van der Waals surface area contributed by atoms with Crippen LogP contribution in [-0.2, 0) is 9.47 Å². The molecule has 0 bridgehead atoms. The molecule has 2 unspecified atom stereocenters. The van der Waals surface area contributed by atoms with Crippen LogP contribution >= 0.6 is 0 Å². The molecule has 0 radical (unpaired) electrons. The number of aliphatic hydroxyl groups excluding tert-OH is 3. The van der Waals surface area contributed by atoms with E-state index >= 15 is 0 Å². The summed E-state index contributed by atoms with van der Waals surface area (Å²) in [5, 5.41) is 27.5. The van der Waals surface area contributed by atoms with Gasteiger partial charge in [0.25, 0.3) is 0 Å². The molecule has 0 amide bonds. The Kier molecular flexibility index (Phi) is 4.98. The molecule has 0 spiro atoms. The second kappa shape index (κ2) is 6.30. The van der Waals surface area contributed by atoms with Crippen molar-refractivity contribution in [1.29, 1.82) is 0 Å². The van der Waals surface area contributed by atoms with Crippen LogP contribution in [0.1, 0.15) is 38.5 Å². The smallest absolute Gasteiger partial charge is 0.120 e. The minimum Gasteiger partial charge on any atom is -0.396 e. The lowest BCUT2D eigenvalue weighted by molar-refractivity contribution is -0.185. The Morgan fingerprint density at radius 1 is 1.00 bits per heavy atom. The molecule has 106 valence electrons. The van der Waals surface area contributed by atoms with Crippen molar-refractivity contribution in [3.05, 3.63) is 0 Å². The van der Waals surface area contributed by atoms with Crippen molar-refractivity contribution >= 4 is 0 Å². The first-order valence-electron chi connectivity index (χ1n) is 6.90. The Hall–Kier alpha value is -0.200. The Morgan fingerprint density at radius 2 is 1.83 bits per heavy atom. The molecule has 2 fully saturated rings. The van der Waals surface area contributed by atoms with Crippen molar-refractivity contribution in [2.24, 2.45) is 0 Å². The Balaban J connectivity index is 1.96. The highest BCUT2D eigenvalue weighted by atomic mass is 16.6. The van der Waals surface area contributed by atoms with E-state index in [0.29, 0.717) is 12.8 Å². The van der Waals surface area contributed by atoms with Crippen molar-refractivity contribution < 1.29 is 24.8 Å². The first-order valence-corrected chi connectivity index (χ1v) is 6.90. The molecule has 3 N–H and O–H groups in total. The van der Waals surface area contributed by atoms with Crippen LogP contribution in [0.25, 0.3) is 0 Å². The zero-order valence-corrected chi connectivity index (χ0v) is 10.8. The van der Waals surface area contributed by atoms with E-state index in [1.165, 1.54) is 0 Å². The average molecular weight is 260 g/mol. The van der Waals surface area contributed by atoms with Crippen LogP contribution in [0.4, 0.5) is 0 Å². The van der Waals surface area contributed by atoms with E-state index < -0.39 is 5.60 Å². The van der Waals surface area contributed by atoms with Crippen molar-refractivity contribution in [2.45, 2.75) is 62.4 Å². The van der Waals surface area contributed by atoms with E-state index in [-0.39, 0.29) is 38.1 Å². The summed E-state index contributed by atoms with van der Waals surface area (Å²) in [6.07, 6.45) is 4.65. The maximum absolute atomic E-state index is 9.66. The highest BCUT2D eigenvalue weighted by Gasteiger charge is 2.52. The summed E-state index contributed by atoms with van der Waals surface area (Å²) in [4.78, 5) is 0. The van der Waals surface area contributed by atoms with Gasteiger partial charge in [-0.1, -0.05) is 0 Å². The summed E-state index contributed by atoms with van der Waals surface area (Å²) in [6.45, 7) is 0.255. The summed E-state index contributed by atoms with van der Waals surface area (Å²) in [7, 11) is 0. The molecule has 2 rings (SSSR count). The van der Waals surface area contributed by atoms with E-state index in [0.717, 1.165) is 25.7 Å². The predicted molar refractivity (Wildman–Crippen MR) is 65.2 cm³/mol. The molecule has 5 heteroatoms. The van der Waals surface area contributed by atoms with Gasteiger partial charge in [-0.05, 0) is 32.1 Å². The van der Waals surface area contributed by atoms with E-state index in [9.17, 15) is 5.11 Å². The lowest BCUT2D eigenvalue weighted by Gasteiger charge is -2.40. The summed E-state index contributed by atoms with van der Waals surface area (Å²) in [5.41, 5.74) is -0.585. The minimum atomic E-state index is -0.585. The average Bonchev–Trinajstić information content (AvgIpc) is 2.75. The third-order valence-corrected chi connectivity index (χ3v) is 4.07. The number of hydrogen-bond donors (Lipinski definition) is 3. The molecule has 2 heterocycles. The van der Waals surface area contributed by atoms with Crippen LogP contribution in [0.15, 0.2) is 0 Å². The minimum absolute atomic E-state index is 0.0265. The quantitative estimate of drug-likeness (QED) is 0.636. The van der Waals surface area contributed by atoms with E-state index in [1.807, 2.05) is 0 Å². The van der Waals surface area contributed by atoms with E-state index in [2.05, 4.69) is 0 Å². The molecule has 0 aromatic rings. The molecule has 0 aromatic carbocycles. The van der Waals surface area contributed by atoms with Crippen LogP contribution < -0.4 is 0 Å². The maximum atomic E-state index is 9.66. The van der Waals surface area contributed by atoms with Gasteiger partial charge in [-0.25, -0.2) is 0 Å². The Morgan fingerprint density at radius 3 is 2.50 bits per heavy atom. The van der Waals surface area contributed by atoms with Crippen LogP contribution in [0.2, 0.25) is 0 Å². The molecular formula is C13H24O5. The monoisotopic (exact) mass is 260 g/mol. The van der Waals surface area contributed by atoms with Crippen molar-refractivity contribution in [2.75, 3.05) is 19.8 Å². The maximum Gasteiger partial charge on any atom is 0.120 e. The lowest BCUT2D eigenvalue weighted by Crippen LogP contribution is -2.51. The normalized spacial score (nSPS) is 39.8. The van der Waals surface area contributed by atoms with Gasteiger partial charge >= 0.3 is 0 Å². The van der Waals surface area contributed by atoms with Crippen LogP contribution in [0, 0.1) is 0 Å². The lowest BCUT2D eigenvalue weighted by atomic mass is 9.86. The molecule has 0 aromatic heterocycles. The predicted octanol–water partition coefficient (Wildman–Crippen LogP) is 0.209. The summed E-state index contributed by atoms with van der Waals surface area (Å²) in [6, 6.07) is 0. The van der Waals surface area contributed by atoms with Crippen molar-refractivity contribution in [1.82, 2.24) is 0 Å². The number of fused-ring (bicyclic) bond motifs is 1. The Labute approximate surface area is 108 Å². The van der Waals surface area contributed by atoms with Gasteiger partial charge in [0.2, 0.25) is 0 Å². The molecule has 2 aliphatic rings. The van der Waals surface area contributed by atoms with Crippen molar-refractivity contribution in [3.63, 3.8) is 0 Å². The highest BCUT2D eigenvalue weighted by Crippen LogP contribution is 2.42. The van der Waals surface area contributed by atoms with Crippen LogP contribution in [0.3, 0.4) is 0 Å². The molecule has 0 aliphatic carbocycles. The molecule has 18 heavy (non-hydrogen) atoms.